The summed E-state index contributed by atoms with van der Waals surface area (Å²) in [7, 11) is 0. The highest BCUT2D eigenvalue weighted by Gasteiger charge is 2.22. The molecule has 1 fully saturated rings. The average molecular weight is 158 g/mol. The van der Waals surface area contributed by atoms with Crippen molar-refractivity contribution in [3.05, 3.63) is 0 Å². The Morgan fingerprint density at radius 1 is 1.64 bits per heavy atom. The third kappa shape index (κ3) is 2.38. The molecule has 0 aliphatic carbocycles. The minimum absolute atomic E-state index is 0.108. The van der Waals surface area contributed by atoms with Gasteiger partial charge >= 0.3 is 6.03 Å². The Balaban J connectivity index is 2.36. The summed E-state index contributed by atoms with van der Waals surface area (Å²) in [6.07, 6.45) is 0.725. The lowest BCUT2D eigenvalue weighted by atomic mass is 10.2. The van der Waals surface area contributed by atoms with Gasteiger partial charge in [-0.25, -0.2) is 4.79 Å². The number of rotatable bonds is 2. The van der Waals surface area contributed by atoms with Gasteiger partial charge in [-0.1, -0.05) is 0 Å². The zero-order valence-corrected chi connectivity index (χ0v) is 6.89. The van der Waals surface area contributed by atoms with E-state index in [4.69, 9.17) is 4.74 Å². The van der Waals surface area contributed by atoms with E-state index in [0.717, 1.165) is 6.42 Å². The molecular formula is C7H14N2O2. The Morgan fingerprint density at radius 2 is 2.36 bits per heavy atom. The fraction of sp³-hybridized carbons (Fsp3) is 0.857. The summed E-state index contributed by atoms with van der Waals surface area (Å²) in [5, 5.41) is 5.41. The number of hydrogen-bond acceptors (Lipinski definition) is 2. The molecule has 2 N–H and O–H groups in total. The topological polar surface area (TPSA) is 50.4 Å². The standard InChI is InChI=1S/C7H14N2O2/c1-3-11-6-4-5(2)8-7(10)9-6/h5-6H,3-4H2,1-2H3,(H2,8,9,10). The van der Waals surface area contributed by atoms with Crippen LogP contribution in [0.15, 0.2) is 0 Å². The first-order chi connectivity index (χ1) is 5.22. The first kappa shape index (κ1) is 8.33. The molecule has 4 nitrogen and oxygen atoms in total. The van der Waals surface area contributed by atoms with Gasteiger partial charge in [-0.3, -0.25) is 0 Å². The highest BCUT2D eigenvalue weighted by Crippen LogP contribution is 2.04. The van der Waals surface area contributed by atoms with Crippen LogP contribution in [0.2, 0.25) is 0 Å². The van der Waals surface area contributed by atoms with E-state index in [1.807, 2.05) is 13.8 Å². The Bertz CT molecular complexity index is 149. The summed E-state index contributed by atoms with van der Waals surface area (Å²) in [5.74, 6) is 0. The molecule has 11 heavy (non-hydrogen) atoms. The zero-order chi connectivity index (χ0) is 8.27. The van der Waals surface area contributed by atoms with Crippen LogP contribution in [0.5, 0.6) is 0 Å². The molecule has 1 aliphatic heterocycles. The third-order valence-corrected chi connectivity index (χ3v) is 1.61. The molecular weight excluding hydrogens is 144 g/mol. The van der Waals surface area contributed by atoms with Crippen molar-refractivity contribution in [2.45, 2.75) is 32.5 Å². The number of carbonyl (C=O) groups is 1. The lowest BCUT2D eigenvalue weighted by Gasteiger charge is -2.28. The van der Waals surface area contributed by atoms with Crippen molar-refractivity contribution in [2.75, 3.05) is 6.61 Å². The number of urea groups is 1. The molecule has 2 unspecified atom stereocenters. The highest BCUT2D eigenvalue weighted by molar-refractivity contribution is 5.75. The first-order valence-electron chi connectivity index (χ1n) is 3.91. The van der Waals surface area contributed by atoms with E-state index >= 15 is 0 Å². The van der Waals surface area contributed by atoms with Crippen molar-refractivity contribution in [2.24, 2.45) is 0 Å². The monoisotopic (exact) mass is 158 g/mol. The summed E-state index contributed by atoms with van der Waals surface area (Å²) in [4.78, 5) is 10.9. The SMILES string of the molecule is CCOC1CC(C)NC(=O)N1. The molecule has 0 radical (unpaired) electrons. The number of amides is 2. The Morgan fingerprint density at radius 3 is 2.91 bits per heavy atom. The lowest BCUT2D eigenvalue weighted by Crippen LogP contribution is -2.54. The van der Waals surface area contributed by atoms with Crippen molar-refractivity contribution in [1.29, 1.82) is 0 Å². The minimum atomic E-state index is -0.137. The van der Waals surface area contributed by atoms with Crippen LogP contribution in [-0.2, 0) is 4.74 Å². The molecule has 0 aromatic carbocycles. The van der Waals surface area contributed by atoms with Crippen LogP contribution in [0.1, 0.15) is 20.3 Å². The van der Waals surface area contributed by atoms with Crippen LogP contribution in [-0.4, -0.2) is 24.9 Å². The van der Waals surface area contributed by atoms with E-state index in [2.05, 4.69) is 10.6 Å². The smallest absolute Gasteiger partial charge is 0.317 e. The van der Waals surface area contributed by atoms with Crippen molar-refractivity contribution >= 4 is 6.03 Å². The number of nitrogens with one attached hydrogen (secondary N) is 2. The molecule has 1 rings (SSSR count). The molecule has 0 saturated carbocycles. The van der Waals surface area contributed by atoms with Crippen LogP contribution in [0.4, 0.5) is 4.79 Å². The summed E-state index contributed by atoms with van der Waals surface area (Å²) < 4.78 is 5.25. The van der Waals surface area contributed by atoms with Gasteiger partial charge in [0.2, 0.25) is 0 Å². The van der Waals surface area contributed by atoms with E-state index < -0.39 is 0 Å². The van der Waals surface area contributed by atoms with Crippen molar-refractivity contribution in [1.82, 2.24) is 10.6 Å². The molecule has 0 aromatic rings. The van der Waals surface area contributed by atoms with Crippen LogP contribution < -0.4 is 10.6 Å². The van der Waals surface area contributed by atoms with Gasteiger partial charge in [-0.15, -0.1) is 0 Å². The van der Waals surface area contributed by atoms with Crippen LogP contribution in [0.25, 0.3) is 0 Å². The predicted molar refractivity (Wildman–Crippen MR) is 41.2 cm³/mol. The van der Waals surface area contributed by atoms with Gasteiger partial charge in [0.05, 0.1) is 0 Å². The predicted octanol–water partition coefficient (Wildman–Crippen LogP) is 0.440. The fourth-order valence-corrected chi connectivity index (χ4v) is 1.16. The van der Waals surface area contributed by atoms with E-state index in [1.54, 1.807) is 0 Å². The minimum Gasteiger partial charge on any atom is -0.359 e. The summed E-state index contributed by atoms with van der Waals surface area (Å²) in [6.45, 7) is 4.52. The normalized spacial score (nSPS) is 30.9. The molecule has 1 aliphatic rings. The van der Waals surface area contributed by atoms with Gasteiger partial charge in [-0.05, 0) is 13.8 Å². The molecule has 4 heteroatoms. The average Bonchev–Trinajstić information content (AvgIpc) is 1.85. The molecule has 64 valence electrons. The van der Waals surface area contributed by atoms with Crippen LogP contribution >= 0.6 is 0 Å². The quantitative estimate of drug-likeness (QED) is 0.612. The summed E-state index contributed by atoms with van der Waals surface area (Å²) >= 11 is 0. The number of carbonyl (C=O) groups excluding carboxylic acids is 1. The molecule has 1 heterocycles. The van der Waals surface area contributed by atoms with Gasteiger partial charge in [0.1, 0.15) is 6.23 Å². The Labute approximate surface area is 66.3 Å². The van der Waals surface area contributed by atoms with Crippen LogP contribution in [0.3, 0.4) is 0 Å². The van der Waals surface area contributed by atoms with Crippen molar-refractivity contribution < 1.29 is 9.53 Å². The maximum atomic E-state index is 10.9. The van der Waals surface area contributed by atoms with E-state index in [-0.39, 0.29) is 18.3 Å². The second-order valence-electron chi connectivity index (χ2n) is 2.70. The van der Waals surface area contributed by atoms with Gasteiger partial charge in [0.25, 0.3) is 0 Å². The Kier molecular flexibility index (Phi) is 2.70. The molecule has 0 bridgehead atoms. The second kappa shape index (κ2) is 3.57. The maximum Gasteiger partial charge on any atom is 0.317 e. The lowest BCUT2D eigenvalue weighted by molar-refractivity contribution is 0.0252. The zero-order valence-electron chi connectivity index (χ0n) is 6.89. The third-order valence-electron chi connectivity index (χ3n) is 1.61. The van der Waals surface area contributed by atoms with Gasteiger partial charge in [0, 0.05) is 19.1 Å². The first-order valence-corrected chi connectivity index (χ1v) is 3.91. The van der Waals surface area contributed by atoms with Crippen molar-refractivity contribution in [3.8, 4) is 0 Å². The largest absolute Gasteiger partial charge is 0.359 e. The van der Waals surface area contributed by atoms with Crippen LogP contribution in [0, 0.1) is 0 Å². The molecule has 0 aromatic heterocycles. The van der Waals surface area contributed by atoms with Gasteiger partial charge < -0.3 is 15.4 Å². The molecule has 0 spiro atoms. The maximum absolute atomic E-state index is 10.9. The van der Waals surface area contributed by atoms with Gasteiger partial charge in [0.15, 0.2) is 0 Å². The van der Waals surface area contributed by atoms with Crippen molar-refractivity contribution in [3.63, 3.8) is 0 Å². The van der Waals surface area contributed by atoms with Gasteiger partial charge in [-0.2, -0.15) is 0 Å². The van der Waals surface area contributed by atoms with E-state index in [9.17, 15) is 4.79 Å². The molecule has 1 saturated heterocycles. The van der Waals surface area contributed by atoms with E-state index in [1.165, 1.54) is 0 Å². The molecule has 2 amide bonds. The fourth-order valence-electron chi connectivity index (χ4n) is 1.16. The highest BCUT2D eigenvalue weighted by atomic mass is 16.5. The number of ether oxygens (including phenoxy) is 1. The Hall–Kier alpha value is -0.770. The number of hydrogen-bond donors (Lipinski definition) is 2. The summed E-state index contributed by atoms with van der Waals surface area (Å²) in [5.41, 5.74) is 0. The molecule has 2 atom stereocenters. The van der Waals surface area contributed by atoms with E-state index in [0.29, 0.717) is 6.61 Å². The second-order valence-corrected chi connectivity index (χ2v) is 2.70. The summed E-state index contributed by atoms with van der Waals surface area (Å²) in [6, 6.07) is 0.0718.